The average Bonchev–Trinajstić information content (AvgIpc) is 3.18. The van der Waals surface area contributed by atoms with E-state index in [0.717, 1.165) is 12.0 Å². The van der Waals surface area contributed by atoms with Crippen molar-refractivity contribution < 1.29 is 14.3 Å². The Morgan fingerprint density at radius 3 is 2.90 bits per heavy atom. The van der Waals surface area contributed by atoms with Crippen LogP contribution in [0, 0.1) is 5.92 Å². The summed E-state index contributed by atoms with van der Waals surface area (Å²) in [7, 11) is 1.34. The van der Waals surface area contributed by atoms with E-state index in [4.69, 9.17) is 11.6 Å². The van der Waals surface area contributed by atoms with Gasteiger partial charge in [-0.05, 0) is 37.0 Å². The summed E-state index contributed by atoms with van der Waals surface area (Å²) in [6.07, 6.45) is 1.02. The molecule has 1 aromatic rings. The number of carbonyl (C=O) groups is 2. The quantitative estimate of drug-likeness (QED) is 0.849. The third-order valence-electron chi connectivity index (χ3n) is 3.49. The van der Waals surface area contributed by atoms with Crippen LogP contribution in [0.4, 0.5) is 0 Å². The van der Waals surface area contributed by atoms with Crippen molar-refractivity contribution in [2.45, 2.75) is 31.7 Å². The van der Waals surface area contributed by atoms with Crippen molar-refractivity contribution in [2.75, 3.05) is 7.11 Å². The molecule has 1 aromatic carbocycles. The van der Waals surface area contributed by atoms with E-state index in [0.29, 0.717) is 5.02 Å². The van der Waals surface area contributed by atoms with Crippen LogP contribution in [0.3, 0.4) is 0 Å². The Morgan fingerprint density at radius 1 is 1.50 bits per heavy atom. The maximum absolute atomic E-state index is 12.1. The molecule has 1 aliphatic carbocycles. The zero-order chi connectivity index (χ0) is 14.7. The maximum atomic E-state index is 12.1. The summed E-state index contributed by atoms with van der Waals surface area (Å²) in [4.78, 5) is 23.2. The molecule has 3 atom stereocenters. The van der Waals surface area contributed by atoms with Gasteiger partial charge in [-0.3, -0.25) is 9.59 Å². The first-order valence-electron chi connectivity index (χ1n) is 6.64. The summed E-state index contributed by atoms with van der Waals surface area (Å²) in [5.74, 6) is -0.112. The van der Waals surface area contributed by atoms with Gasteiger partial charge in [0.05, 0.1) is 13.5 Å². The molecule has 0 saturated heterocycles. The van der Waals surface area contributed by atoms with Gasteiger partial charge in [-0.2, -0.15) is 0 Å². The molecule has 2 rings (SSSR count). The predicted molar refractivity (Wildman–Crippen MR) is 76.5 cm³/mol. The van der Waals surface area contributed by atoms with Gasteiger partial charge in [0.1, 0.15) is 0 Å². The van der Waals surface area contributed by atoms with E-state index in [9.17, 15) is 9.59 Å². The highest BCUT2D eigenvalue weighted by molar-refractivity contribution is 6.30. The largest absolute Gasteiger partial charge is 0.469 e. The number of rotatable bonds is 5. The molecular formula is C15H18ClNO3. The fraction of sp³-hybridized carbons (Fsp3) is 0.467. The number of hydrogen-bond donors (Lipinski definition) is 1. The van der Waals surface area contributed by atoms with E-state index in [1.807, 2.05) is 24.3 Å². The molecule has 1 fully saturated rings. The van der Waals surface area contributed by atoms with Crippen LogP contribution in [0.25, 0.3) is 0 Å². The summed E-state index contributed by atoms with van der Waals surface area (Å²) < 4.78 is 4.58. The van der Waals surface area contributed by atoms with Crippen molar-refractivity contribution in [3.63, 3.8) is 0 Å². The van der Waals surface area contributed by atoms with Gasteiger partial charge < -0.3 is 10.1 Å². The van der Waals surface area contributed by atoms with Gasteiger partial charge in [0.25, 0.3) is 0 Å². The second-order valence-corrected chi connectivity index (χ2v) is 5.63. The van der Waals surface area contributed by atoms with Crippen LogP contribution >= 0.6 is 11.6 Å². The zero-order valence-corrected chi connectivity index (χ0v) is 12.3. The van der Waals surface area contributed by atoms with Crippen molar-refractivity contribution in [2.24, 2.45) is 5.92 Å². The molecule has 0 aliphatic heterocycles. The molecule has 20 heavy (non-hydrogen) atoms. The SMILES string of the molecule is COC(=O)C[C@H](C)NC(=O)[C@H]1C[C@@H]1c1cccc(Cl)c1. The second kappa shape index (κ2) is 6.27. The summed E-state index contributed by atoms with van der Waals surface area (Å²) in [6.45, 7) is 1.80. The van der Waals surface area contributed by atoms with Crippen molar-refractivity contribution in [1.29, 1.82) is 0 Å². The monoisotopic (exact) mass is 295 g/mol. The van der Waals surface area contributed by atoms with Gasteiger partial charge in [-0.15, -0.1) is 0 Å². The number of ether oxygens (including phenoxy) is 1. The molecule has 108 valence electrons. The first-order chi connectivity index (χ1) is 9.51. The molecule has 1 N–H and O–H groups in total. The number of methoxy groups -OCH3 is 1. The van der Waals surface area contributed by atoms with Crippen molar-refractivity contribution >= 4 is 23.5 Å². The predicted octanol–water partition coefficient (Wildman–Crippen LogP) is 2.51. The molecule has 0 unspecified atom stereocenters. The van der Waals surface area contributed by atoms with Crippen LogP contribution in [0.2, 0.25) is 5.02 Å². The van der Waals surface area contributed by atoms with Gasteiger partial charge in [-0.25, -0.2) is 0 Å². The number of esters is 1. The molecule has 1 saturated carbocycles. The molecule has 4 nitrogen and oxygen atoms in total. The van der Waals surface area contributed by atoms with Crippen LogP contribution < -0.4 is 5.32 Å². The molecule has 0 spiro atoms. The Morgan fingerprint density at radius 2 is 2.25 bits per heavy atom. The van der Waals surface area contributed by atoms with E-state index >= 15 is 0 Å². The van der Waals surface area contributed by atoms with Crippen LogP contribution in [-0.4, -0.2) is 25.0 Å². The van der Waals surface area contributed by atoms with Gasteiger partial charge in [0, 0.05) is 17.0 Å². The van der Waals surface area contributed by atoms with Gasteiger partial charge in [0.2, 0.25) is 5.91 Å². The Balaban J connectivity index is 1.85. The number of halogens is 1. The minimum absolute atomic E-state index is 0.00798. The number of benzene rings is 1. The minimum Gasteiger partial charge on any atom is -0.469 e. The van der Waals surface area contributed by atoms with Gasteiger partial charge >= 0.3 is 5.97 Å². The van der Waals surface area contributed by atoms with Gasteiger partial charge in [-0.1, -0.05) is 23.7 Å². The normalized spacial score (nSPS) is 21.9. The van der Waals surface area contributed by atoms with Crippen molar-refractivity contribution in [1.82, 2.24) is 5.32 Å². The third kappa shape index (κ3) is 3.73. The molecule has 1 aliphatic rings. The lowest BCUT2D eigenvalue weighted by Crippen LogP contribution is -2.35. The summed E-state index contributed by atoms with van der Waals surface area (Å²) in [5.41, 5.74) is 1.10. The number of hydrogen-bond acceptors (Lipinski definition) is 3. The van der Waals surface area contributed by atoms with E-state index in [1.54, 1.807) is 6.92 Å². The first-order valence-corrected chi connectivity index (χ1v) is 7.01. The van der Waals surface area contributed by atoms with E-state index in [-0.39, 0.29) is 36.2 Å². The highest BCUT2D eigenvalue weighted by atomic mass is 35.5. The highest BCUT2D eigenvalue weighted by Crippen LogP contribution is 2.47. The smallest absolute Gasteiger partial charge is 0.307 e. The Labute approximate surface area is 123 Å². The lowest BCUT2D eigenvalue weighted by atomic mass is 10.1. The van der Waals surface area contributed by atoms with E-state index < -0.39 is 0 Å². The second-order valence-electron chi connectivity index (χ2n) is 5.19. The van der Waals surface area contributed by atoms with Crippen molar-refractivity contribution in [3.05, 3.63) is 34.9 Å². The number of amides is 1. The molecule has 0 aromatic heterocycles. The number of nitrogens with one attached hydrogen (secondary N) is 1. The Kier molecular flexibility index (Phi) is 4.65. The standard InChI is InChI=1S/C15H18ClNO3/c1-9(6-14(18)20-2)17-15(19)13-8-12(13)10-4-3-5-11(16)7-10/h3-5,7,9,12-13H,6,8H2,1-2H3,(H,17,19)/t9-,12+,13-/m0/s1. The molecule has 0 bridgehead atoms. The van der Waals surface area contributed by atoms with E-state index in [2.05, 4.69) is 10.1 Å². The van der Waals surface area contributed by atoms with Crippen LogP contribution in [0.1, 0.15) is 31.2 Å². The van der Waals surface area contributed by atoms with Crippen molar-refractivity contribution in [3.8, 4) is 0 Å². The number of carbonyl (C=O) groups excluding carboxylic acids is 2. The fourth-order valence-electron chi connectivity index (χ4n) is 2.32. The topological polar surface area (TPSA) is 55.4 Å². The molecule has 1 amide bonds. The summed E-state index contributed by atoms with van der Waals surface area (Å²) >= 11 is 5.95. The maximum Gasteiger partial charge on any atom is 0.307 e. The molecule has 0 heterocycles. The molecular weight excluding hydrogens is 278 g/mol. The van der Waals surface area contributed by atoms with Gasteiger partial charge in [0.15, 0.2) is 0 Å². The summed E-state index contributed by atoms with van der Waals surface area (Å²) in [6, 6.07) is 7.39. The fourth-order valence-corrected chi connectivity index (χ4v) is 2.52. The third-order valence-corrected chi connectivity index (χ3v) is 3.73. The average molecular weight is 296 g/mol. The van der Waals surface area contributed by atoms with Crippen LogP contribution in [0.5, 0.6) is 0 Å². The molecule has 5 heteroatoms. The minimum atomic E-state index is -0.319. The van der Waals surface area contributed by atoms with Crippen LogP contribution in [-0.2, 0) is 14.3 Å². The lowest BCUT2D eigenvalue weighted by Gasteiger charge is -2.12. The highest BCUT2D eigenvalue weighted by Gasteiger charge is 2.44. The molecule has 0 radical (unpaired) electrons. The lowest BCUT2D eigenvalue weighted by molar-refractivity contribution is -0.141. The van der Waals surface area contributed by atoms with E-state index in [1.165, 1.54) is 7.11 Å². The first kappa shape index (κ1) is 14.9. The Bertz CT molecular complexity index is 518. The summed E-state index contributed by atoms with van der Waals surface area (Å²) in [5, 5.41) is 3.54. The van der Waals surface area contributed by atoms with Crippen LogP contribution in [0.15, 0.2) is 24.3 Å². The Hall–Kier alpha value is -1.55. The zero-order valence-electron chi connectivity index (χ0n) is 11.6.